The van der Waals surface area contributed by atoms with Gasteiger partial charge in [-0.1, -0.05) is 12.1 Å². The van der Waals surface area contributed by atoms with Gasteiger partial charge in [0.25, 0.3) is 0 Å². The van der Waals surface area contributed by atoms with Gasteiger partial charge in [0.2, 0.25) is 5.91 Å². The Morgan fingerprint density at radius 3 is 3.00 bits per heavy atom. The number of amides is 1. The molecule has 1 aromatic carbocycles. The van der Waals surface area contributed by atoms with E-state index in [0.29, 0.717) is 0 Å². The van der Waals surface area contributed by atoms with E-state index in [-0.39, 0.29) is 11.9 Å². The standard InChI is InChI=1S/C14H20N2O2/c1-10(15)14(17)16-8-4-7-13(16)11-5-3-6-12(9-11)18-2/h3,5-6,9-10,13H,4,7-8,15H2,1-2H3/t10-,13?/m0/s1. The summed E-state index contributed by atoms with van der Waals surface area (Å²) in [6.45, 7) is 2.53. The summed E-state index contributed by atoms with van der Waals surface area (Å²) in [5.41, 5.74) is 6.82. The zero-order chi connectivity index (χ0) is 13.1. The van der Waals surface area contributed by atoms with Gasteiger partial charge < -0.3 is 15.4 Å². The Kier molecular flexibility index (Phi) is 3.87. The molecule has 18 heavy (non-hydrogen) atoms. The molecular weight excluding hydrogens is 228 g/mol. The summed E-state index contributed by atoms with van der Waals surface area (Å²) >= 11 is 0. The van der Waals surface area contributed by atoms with Gasteiger partial charge in [0, 0.05) is 6.54 Å². The Hall–Kier alpha value is -1.55. The van der Waals surface area contributed by atoms with Crippen LogP contribution >= 0.6 is 0 Å². The molecule has 1 fully saturated rings. The molecule has 1 unspecified atom stereocenters. The van der Waals surface area contributed by atoms with E-state index in [2.05, 4.69) is 0 Å². The van der Waals surface area contributed by atoms with Crippen LogP contribution in [0.2, 0.25) is 0 Å². The van der Waals surface area contributed by atoms with E-state index < -0.39 is 6.04 Å². The molecule has 0 aromatic heterocycles. The average molecular weight is 248 g/mol. The molecule has 0 aliphatic carbocycles. The number of nitrogens with zero attached hydrogens (tertiary/aromatic N) is 1. The summed E-state index contributed by atoms with van der Waals surface area (Å²) < 4.78 is 5.23. The molecule has 2 atom stereocenters. The van der Waals surface area contributed by atoms with Crippen molar-refractivity contribution in [2.75, 3.05) is 13.7 Å². The van der Waals surface area contributed by atoms with Crippen molar-refractivity contribution in [1.82, 2.24) is 4.90 Å². The lowest BCUT2D eigenvalue weighted by atomic mass is 10.0. The van der Waals surface area contributed by atoms with Crippen LogP contribution < -0.4 is 10.5 Å². The highest BCUT2D eigenvalue weighted by molar-refractivity contribution is 5.82. The maximum Gasteiger partial charge on any atom is 0.239 e. The first kappa shape index (κ1) is 12.9. The van der Waals surface area contributed by atoms with E-state index in [0.717, 1.165) is 30.7 Å². The van der Waals surface area contributed by atoms with Crippen molar-refractivity contribution in [3.8, 4) is 5.75 Å². The minimum atomic E-state index is -0.434. The lowest BCUT2D eigenvalue weighted by Crippen LogP contribution is -2.41. The predicted octanol–water partition coefficient (Wildman–Crippen LogP) is 1.71. The van der Waals surface area contributed by atoms with Crippen molar-refractivity contribution < 1.29 is 9.53 Å². The van der Waals surface area contributed by atoms with Crippen LogP contribution in [0.15, 0.2) is 24.3 Å². The van der Waals surface area contributed by atoms with E-state index in [1.54, 1.807) is 14.0 Å². The number of hydrogen-bond donors (Lipinski definition) is 1. The van der Waals surface area contributed by atoms with Gasteiger partial charge in [0.05, 0.1) is 19.2 Å². The van der Waals surface area contributed by atoms with E-state index in [1.807, 2.05) is 29.2 Å². The third-order valence-corrected chi connectivity index (χ3v) is 3.40. The van der Waals surface area contributed by atoms with Gasteiger partial charge in [0.1, 0.15) is 5.75 Å². The van der Waals surface area contributed by atoms with Crippen molar-refractivity contribution in [3.63, 3.8) is 0 Å². The van der Waals surface area contributed by atoms with Crippen LogP contribution in [0, 0.1) is 0 Å². The summed E-state index contributed by atoms with van der Waals surface area (Å²) in [6, 6.07) is 7.61. The number of benzene rings is 1. The van der Waals surface area contributed by atoms with Gasteiger partial charge in [-0.3, -0.25) is 4.79 Å². The SMILES string of the molecule is COc1cccc(C2CCCN2C(=O)[C@H](C)N)c1. The molecule has 98 valence electrons. The van der Waals surface area contributed by atoms with E-state index >= 15 is 0 Å². The van der Waals surface area contributed by atoms with E-state index in [4.69, 9.17) is 10.5 Å². The number of nitrogens with two attached hydrogens (primary N) is 1. The van der Waals surface area contributed by atoms with Crippen LogP contribution in [-0.4, -0.2) is 30.5 Å². The number of ether oxygens (including phenoxy) is 1. The molecule has 2 rings (SSSR count). The monoisotopic (exact) mass is 248 g/mol. The maximum absolute atomic E-state index is 12.1. The lowest BCUT2D eigenvalue weighted by Gasteiger charge is -2.26. The molecule has 1 heterocycles. The van der Waals surface area contributed by atoms with Crippen LogP contribution in [0.3, 0.4) is 0 Å². The fourth-order valence-corrected chi connectivity index (χ4v) is 2.49. The molecule has 4 heteroatoms. The number of methoxy groups -OCH3 is 1. The summed E-state index contributed by atoms with van der Waals surface area (Å²) in [5, 5.41) is 0. The van der Waals surface area contributed by atoms with Gasteiger partial charge in [-0.25, -0.2) is 0 Å². The quantitative estimate of drug-likeness (QED) is 0.886. The van der Waals surface area contributed by atoms with Gasteiger partial charge in [-0.2, -0.15) is 0 Å². The molecule has 2 N–H and O–H groups in total. The predicted molar refractivity (Wildman–Crippen MR) is 70.3 cm³/mol. The number of rotatable bonds is 3. The van der Waals surface area contributed by atoms with Crippen LogP contribution in [0.5, 0.6) is 5.75 Å². The molecule has 0 spiro atoms. The number of likely N-dealkylation sites (tertiary alicyclic amines) is 1. The van der Waals surface area contributed by atoms with Crippen LogP contribution in [0.4, 0.5) is 0 Å². The van der Waals surface area contributed by atoms with Crippen molar-refractivity contribution in [2.24, 2.45) is 5.73 Å². The number of hydrogen-bond acceptors (Lipinski definition) is 3. The number of carbonyl (C=O) groups is 1. The maximum atomic E-state index is 12.1. The third-order valence-electron chi connectivity index (χ3n) is 3.40. The average Bonchev–Trinajstić information content (AvgIpc) is 2.86. The summed E-state index contributed by atoms with van der Waals surface area (Å²) in [4.78, 5) is 13.9. The van der Waals surface area contributed by atoms with Gasteiger partial charge in [0.15, 0.2) is 0 Å². The summed E-state index contributed by atoms with van der Waals surface area (Å²) in [6.07, 6.45) is 2.02. The Balaban J connectivity index is 2.23. The first-order valence-electron chi connectivity index (χ1n) is 6.33. The zero-order valence-electron chi connectivity index (χ0n) is 10.9. The van der Waals surface area contributed by atoms with Gasteiger partial charge >= 0.3 is 0 Å². The topological polar surface area (TPSA) is 55.6 Å². The highest BCUT2D eigenvalue weighted by atomic mass is 16.5. The van der Waals surface area contributed by atoms with Gasteiger partial charge in [-0.05, 0) is 37.5 Å². The van der Waals surface area contributed by atoms with Crippen molar-refractivity contribution >= 4 is 5.91 Å². The minimum absolute atomic E-state index is 0.0281. The smallest absolute Gasteiger partial charge is 0.239 e. The Labute approximate surface area is 108 Å². The second-order valence-corrected chi connectivity index (χ2v) is 4.75. The molecule has 1 aliphatic rings. The third kappa shape index (κ3) is 2.48. The first-order valence-corrected chi connectivity index (χ1v) is 6.33. The largest absolute Gasteiger partial charge is 0.497 e. The number of carbonyl (C=O) groups excluding carboxylic acids is 1. The molecule has 0 saturated carbocycles. The van der Waals surface area contributed by atoms with Gasteiger partial charge in [-0.15, -0.1) is 0 Å². The Bertz CT molecular complexity index is 432. The molecule has 1 aromatic rings. The van der Waals surface area contributed by atoms with E-state index in [1.165, 1.54) is 0 Å². The summed E-state index contributed by atoms with van der Waals surface area (Å²) in [7, 11) is 1.65. The molecule has 1 aliphatic heterocycles. The molecule has 1 amide bonds. The van der Waals surface area contributed by atoms with E-state index in [9.17, 15) is 4.79 Å². The van der Waals surface area contributed by atoms with Crippen LogP contribution in [0.25, 0.3) is 0 Å². The Morgan fingerprint density at radius 2 is 2.33 bits per heavy atom. The Morgan fingerprint density at radius 1 is 1.56 bits per heavy atom. The molecular formula is C14H20N2O2. The molecule has 0 bridgehead atoms. The van der Waals surface area contributed by atoms with Crippen molar-refractivity contribution in [2.45, 2.75) is 31.8 Å². The van der Waals surface area contributed by atoms with Crippen LogP contribution in [-0.2, 0) is 4.79 Å². The minimum Gasteiger partial charge on any atom is -0.497 e. The normalized spacial score (nSPS) is 20.8. The summed E-state index contributed by atoms with van der Waals surface area (Å²) in [5.74, 6) is 0.855. The highest BCUT2D eigenvalue weighted by Gasteiger charge is 2.31. The second-order valence-electron chi connectivity index (χ2n) is 4.75. The highest BCUT2D eigenvalue weighted by Crippen LogP contribution is 2.33. The zero-order valence-corrected chi connectivity index (χ0v) is 10.9. The fraction of sp³-hybridized carbons (Fsp3) is 0.500. The van der Waals surface area contributed by atoms with Crippen molar-refractivity contribution in [1.29, 1.82) is 0 Å². The fourth-order valence-electron chi connectivity index (χ4n) is 2.49. The first-order chi connectivity index (χ1) is 8.63. The lowest BCUT2D eigenvalue weighted by molar-refractivity contribution is -0.133. The second kappa shape index (κ2) is 5.40. The molecule has 1 saturated heterocycles. The van der Waals surface area contributed by atoms with Crippen molar-refractivity contribution in [3.05, 3.63) is 29.8 Å². The molecule has 0 radical (unpaired) electrons. The van der Waals surface area contributed by atoms with Crippen LogP contribution in [0.1, 0.15) is 31.4 Å². The molecule has 4 nitrogen and oxygen atoms in total.